The lowest BCUT2D eigenvalue weighted by molar-refractivity contribution is -0.130. The second-order valence-electron chi connectivity index (χ2n) is 5.31. The van der Waals surface area contributed by atoms with E-state index in [1.807, 2.05) is 18.2 Å². The maximum absolute atomic E-state index is 12.6. The van der Waals surface area contributed by atoms with Crippen LogP contribution >= 0.6 is 0 Å². The number of pyridine rings is 1. The number of imide groups is 1. The normalized spacial score (nSPS) is 18.3. The van der Waals surface area contributed by atoms with Crippen LogP contribution in [-0.4, -0.2) is 32.3 Å². The Kier molecular flexibility index (Phi) is 3.93. The topological polar surface area (TPSA) is 53.5 Å². The molecule has 1 aromatic heterocycles. The highest BCUT2D eigenvalue weighted by Gasteiger charge is 2.51. The third-order valence-corrected chi connectivity index (χ3v) is 3.63. The summed E-state index contributed by atoms with van der Waals surface area (Å²) in [6, 6.07) is 5.16. The standard InChI is InChI=1S/C16H19N3O2/c1-5-13(6-2)19-14(20)16(3,4)18(15(19)21)11-12-9-7-8-10-17-12/h5-10H,1,11H2,2-4H3/b13-6+. The first-order valence-electron chi connectivity index (χ1n) is 6.78. The molecular weight excluding hydrogens is 266 g/mol. The van der Waals surface area contributed by atoms with Crippen molar-refractivity contribution in [3.63, 3.8) is 0 Å². The van der Waals surface area contributed by atoms with Crippen molar-refractivity contribution >= 4 is 11.9 Å². The molecule has 0 N–H and O–H groups in total. The number of nitrogens with zero attached hydrogens (tertiary/aromatic N) is 3. The van der Waals surface area contributed by atoms with Gasteiger partial charge in [0, 0.05) is 11.9 Å². The van der Waals surface area contributed by atoms with E-state index in [-0.39, 0.29) is 11.9 Å². The molecule has 0 aromatic carbocycles. The molecule has 0 unspecified atom stereocenters. The zero-order valence-electron chi connectivity index (χ0n) is 12.5. The molecule has 1 aliphatic rings. The fourth-order valence-electron chi connectivity index (χ4n) is 2.32. The molecule has 0 spiro atoms. The van der Waals surface area contributed by atoms with Crippen LogP contribution in [0, 0.1) is 0 Å². The monoisotopic (exact) mass is 285 g/mol. The molecule has 21 heavy (non-hydrogen) atoms. The Morgan fingerprint density at radius 3 is 2.62 bits per heavy atom. The third kappa shape index (κ3) is 2.46. The summed E-state index contributed by atoms with van der Waals surface area (Å²) >= 11 is 0. The van der Waals surface area contributed by atoms with Crippen LogP contribution in [0.25, 0.3) is 0 Å². The van der Waals surface area contributed by atoms with Crippen LogP contribution in [0.15, 0.2) is 48.8 Å². The van der Waals surface area contributed by atoms with Gasteiger partial charge in [-0.3, -0.25) is 9.78 Å². The molecular formula is C16H19N3O2. The van der Waals surface area contributed by atoms with Crippen molar-refractivity contribution in [2.75, 3.05) is 0 Å². The first kappa shape index (κ1) is 15.0. The van der Waals surface area contributed by atoms with Crippen LogP contribution in [0.5, 0.6) is 0 Å². The second kappa shape index (κ2) is 5.52. The van der Waals surface area contributed by atoms with Crippen LogP contribution in [0.2, 0.25) is 0 Å². The third-order valence-electron chi connectivity index (χ3n) is 3.63. The molecule has 0 atom stereocenters. The molecule has 1 aliphatic heterocycles. The lowest BCUT2D eigenvalue weighted by atomic mass is 10.0. The molecule has 3 amide bonds. The van der Waals surface area contributed by atoms with Gasteiger partial charge >= 0.3 is 6.03 Å². The van der Waals surface area contributed by atoms with E-state index < -0.39 is 5.54 Å². The van der Waals surface area contributed by atoms with E-state index >= 15 is 0 Å². The molecule has 0 aliphatic carbocycles. The Morgan fingerprint density at radius 1 is 1.38 bits per heavy atom. The van der Waals surface area contributed by atoms with Crippen LogP contribution in [-0.2, 0) is 11.3 Å². The Labute approximate surface area is 124 Å². The number of urea groups is 1. The van der Waals surface area contributed by atoms with Crippen LogP contribution in [0.3, 0.4) is 0 Å². The van der Waals surface area contributed by atoms with Gasteiger partial charge in [0.2, 0.25) is 0 Å². The zero-order valence-corrected chi connectivity index (χ0v) is 12.5. The Balaban J connectivity index is 2.36. The van der Waals surface area contributed by atoms with Crippen molar-refractivity contribution in [3.05, 3.63) is 54.5 Å². The smallest absolute Gasteiger partial charge is 0.304 e. The van der Waals surface area contributed by atoms with E-state index in [2.05, 4.69) is 11.6 Å². The van der Waals surface area contributed by atoms with Gasteiger partial charge in [0.15, 0.2) is 0 Å². The summed E-state index contributed by atoms with van der Waals surface area (Å²) in [6.45, 7) is 9.21. The van der Waals surface area contributed by atoms with Gasteiger partial charge in [-0.1, -0.05) is 18.7 Å². The zero-order chi connectivity index (χ0) is 15.6. The number of hydrogen-bond donors (Lipinski definition) is 0. The van der Waals surface area contributed by atoms with Gasteiger partial charge in [-0.2, -0.15) is 0 Å². The van der Waals surface area contributed by atoms with Crippen molar-refractivity contribution < 1.29 is 9.59 Å². The molecule has 1 saturated heterocycles. The summed E-state index contributed by atoms with van der Waals surface area (Å²) in [5, 5.41) is 0. The predicted molar refractivity (Wildman–Crippen MR) is 80.1 cm³/mol. The highest BCUT2D eigenvalue weighted by Crippen LogP contribution is 2.31. The molecule has 1 fully saturated rings. The van der Waals surface area contributed by atoms with Crippen molar-refractivity contribution in [1.29, 1.82) is 0 Å². The fourth-order valence-corrected chi connectivity index (χ4v) is 2.32. The maximum atomic E-state index is 12.6. The summed E-state index contributed by atoms with van der Waals surface area (Å²) in [5.41, 5.74) is 0.335. The molecule has 0 bridgehead atoms. The number of hydrogen-bond acceptors (Lipinski definition) is 3. The fraction of sp³-hybridized carbons (Fsp3) is 0.312. The van der Waals surface area contributed by atoms with Crippen molar-refractivity contribution in [3.8, 4) is 0 Å². The minimum atomic E-state index is -0.911. The first-order valence-corrected chi connectivity index (χ1v) is 6.78. The molecule has 5 nitrogen and oxygen atoms in total. The minimum absolute atomic E-state index is 0.253. The summed E-state index contributed by atoms with van der Waals surface area (Å²) in [6.07, 6.45) is 4.88. The number of carbonyl (C=O) groups is 2. The minimum Gasteiger partial charge on any atom is -0.304 e. The van der Waals surface area contributed by atoms with E-state index in [4.69, 9.17) is 0 Å². The van der Waals surface area contributed by atoms with Crippen molar-refractivity contribution in [2.24, 2.45) is 0 Å². The van der Waals surface area contributed by atoms with Gasteiger partial charge in [0.1, 0.15) is 5.54 Å². The maximum Gasteiger partial charge on any atom is 0.332 e. The molecule has 0 saturated carbocycles. The summed E-state index contributed by atoms with van der Waals surface area (Å²) < 4.78 is 0. The van der Waals surface area contributed by atoms with Gasteiger partial charge in [-0.05, 0) is 39.0 Å². The Morgan fingerprint density at radius 2 is 2.10 bits per heavy atom. The van der Waals surface area contributed by atoms with Crippen LogP contribution < -0.4 is 0 Å². The first-order chi connectivity index (χ1) is 9.93. The average Bonchev–Trinajstić information content (AvgIpc) is 2.64. The van der Waals surface area contributed by atoms with Gasteiger partial charge in [0.05, 0.1) is 12.2 Å². The molecule has 5 heteroatoms. The lowest BCUT2D eigenvalue weighted by Gasteiger charge is -2.27. The number of aromatic nitrogens is 1. The van der Waals surface area contributed by atoms with Crippen LogP contribution in [0.4, 0.5) is 4.79 Å². The summed E-state index contributed by atoms with van der Waals surface area (Å²) in [5.74, 6) is -0.253. The molecule has 2 heterocycles. The molecule has 2 rings (SSSR count). The van der Waals surface area contributed by atoms with Gasteiger partial charge < -0.3 is 4.90 Å². The van der Waals surface area contributed by atoms with Crippen LogP contribution in [0.1, 0.15) is 26.5 Å². The molecule has 0 radical (unpaired) electrons. The van der Waals surface area contributed by atoms with E-state index in [1.165, 1.54) is 15.9 Å². The van der Waals surface area contributed by atoms with E-state index in [0.29, 0.717) is 12.2 Å². The largest absolute Gasteiger partial charge is 0.332 e. The van der Waals surface area contributed by atoms with Gasteiger partial charge in [-0.25, -0.2) is 9.69 Å². The number of rotatable bonds is 4. The lowest BCUT2D eigenvalue weighted by Crippen LogP contribution is -2.43. The number of carbonyl (C=O) groups excluding carboxylic acids is 2. The SMILES string of the molecule is C=C/C(=C\C)N1C(=O)N(Cc2ccccn2)C(C)(C)C1=O. The molecule has 1 aromatic rings. The average molecular weight is 285 g/mol. The van der Waals surface area contributed by atoms with Gasteiger partial charge in [0.25, 0.3) is 5.91 Å². The van der Waals surface area contributed by atoms with Gasteiger partial charge in [-0.15, -0.1) is 0 Å². The van der Waals surface area contributed by atoms with E-state index in [1.54, 1.807) is 33.0 Å². The predicted octanol–water partition coefficient (Wildman–Crippen LogP) is 2.71. The number of amides is 3. The summed E-state index contributed by atoms with van der Waals surface area (Å²) in [7, 11) is 0. The number of allylic oxidation sites excluding steroid dienone is 2. The molecule has 110 valence electrons. The van der Waals surface area contributed by atoms with Crippen molar-refractivity contribution in [2.45, 2.75) is 32.9 Å². The van der Waals surface area contributed by atoms with E-state index in [0.717, 1.165) is 5.69 Å². The highest BCUT2D eigenvalue weighted by atomic mass is 16.2. The quantitative estimate of drug-likeness (QED) is 0.631. The summed E-state index contributed by atoms with van der Waals surface area (Å²) in [4.78, 5) is 32.1. The van der Waals surface area contributed by atoms with Crippen molar-refractivity contribution in [1.82, 2.24) is 14.8 Å². The Bertz CT molecular complexity index is 605. The van der Waals surface area contributed by atoms with E-state index in [9.17, 15) is 9.59 Å². The second-order valence-corrected chi connectivity index (χ2v) is 5.31. The highest BCUT2D eigenvalue weighted by molar-refractivity contribution is 6.08. The Hall–Kier alpha value is -2.43.